The van der Waals surface area contributed by atoms with Crippen molar-refractivity contribution < 1.29 is 14.6 Å². The first-order chi connectivity index (χ1) is 9.99. The number of anilines is 1. The third kappa shape index (κ3) is 2.77. The van der Waals surface area contributed by atoms with Crippen LogP contribution < -0.4 is 9.64 Å². The molecule has 2 rings (SSSR count). The highest BCUT2D eigenvalue weighted by Crippen LogP contribution is 2.36. The fraction of sp³-hybridized carbons (Fsp3) is 0.533. The summed E-state index contributed by atoms with van der Waals surface area (Å²) in [5.74, 6) is -0.597. The van der Waals surface area contributed by atoms with E-state index < -0.39 is 11.9 Å². The number of rotatable bonds is 4. The number of hydrogen-bond acceptors (Lipinski definition) is 5. The summed E-state index contributed by atoms with van der Waals surface area (Å²) in [5, 5.41) is 18.7. The number of carboxylic acids is 1. The predicted molar refractivity (Wildman–Crippen MR) is 77.2 cm³/mol. The minimum absolute atomic E-state index is 0.0632. The lowest BCUT2D eigenvalue weighted by Crippen LogP contribution is -2.25. The number of methoxy groups -OCH3 is 1. The van der Waals surface area contributed by atoms with Crippen LogP contribution in [-0.2, 0) is 4.79 Å². The van der Waals surface area contributed by atoms with Gasteiger partial charge in [-0.2, -0.15) is 5.26 Å². The first-order valence-electron chi connectivity index (χ1n) is 6.90. The Morgan fingerprint density at radius 1 is 1.57 bits per heavy atom. The summed E-state index contributed by atoms with van der Waals surface area (Å²) in [4.78, 5) is 17.4. The van der Waals surface area contributed by atoms with Gasteiger partial charge in [-0.25, -0.2) is 4.98 Å². The minimum Gasteiger partial charge on any atom is -0.481 e. The van der Waals surface area contributed by atoms with E-state index in [9.17, 15) is 15.2 Å². The lowest BCUT2D eigenvalue weighted by Gasteiger charge is -2.21. The highest BCUT2D eigenvalue weighted by Gasteiger charge is 2.40. The Labute approximate surface area is 124 Å². The maximum Gasteiger partial charge on any atom is 0.308 e. The van der Waals surface area contributed by atoms with E-state index in [1.165, 1.54) is 7.11 Å². The summed E-state index contributed by atoms with van der Waals surface area (Å²) in [5.41, 5.74) is 1.05. The molecule has 21 heavy (non-hydrogen) atoms. The van der Waals surface area contributed by atoms with Crippen molar-refractivity contribution in [3.63, 3.8) is 0 Å². The molecule has 0 saturated carbocycles. The third-order valence-electron chi connectivity index (χ3n) is 4.08. The maximum atomic E-state index is 11.4. The van der Waals surface area contributed by atoms with Crippen molar-refractivity contribution in [1.82, 2.24) is 4.98 Å². The first kappa shape index (κ1) is 15.1. The van der Waals surface area contributed by atoms with Gasteiger partial charge in [-0.1, -0.05) is 13.8 Å². The van der Waals surface area contributed by atoms with Crippen LogP contribution in [0.3, 0.4) is 0 Å². The van der Waals surface area contributed by atoms with Crippen LogP contribution in [0.4, 0.5) is 5.69 Å². The maximum absolute atomic E-state index is 11.4. The van der Waals surface area contributed by atoms with E-state index in [1.54, 1.807) is 12.3 Å². The zero-order chi connectivity index (χ0) is 15.6. The van der Waals surface area contributed by atoms with Crippen LogP contribution in [0.25, 0.3) is 0 Å². The molecule has 2 atom stereocenters. The molecule has 0 amide bonds. The summed E-state index contributed by atoms with van der Waals surface area (Å²) in [6.45, 7) is 5.08. The summed E-state index contributed by atoms with van der Waals surface area (Å²) in [7, 11) is 1.47. The van der Waals surface area contributed by atoms with E-state index in [1.807, 2.05) is 18.7 Å². The van der Waals surface area contributed by atoms with Gasteiger partial charge >= 0.3 is 5.97 Å². The molecule has 2 heterocycles. The van der Waals surface area contributed by atoms with Crippen LogP contribution in [0.2, 0.25) is 0 Å². The number of ether oxygens (including phenoxy) is 1. The van der Waals surface area contributed by atoms with E-state index >= 15 is 0 Å². The molecule has 1 aromatic rings. The molecule has 0 radical (unpaired) electrons. The lowest BCUT2D eigenvalue weighted by atomic mass is 9.86. The fourth-order valence-corrected chi connectivity index (χ4v) is 2.92. The Kier molecular flexibility index (Phi) is 4.32. The molecule has 1 aliphatic rings. The van der Waals surface area contributed by atoms with Crippen molar-refractivity contribution >= 4 is 11.7 Å². The molecular weight excluding hydrogens is 270 g/mol. The molecule has 0 spiro atoms. The molecule has 6 heteroatoms. The van der Waals surface area contributed by atoms with Crippen molar-refractivity contribution in [2.75, 3.05) is 25.1 Å². The van der Waals surface area contributed by atoms with Crippen LogP contribution in [0, 0.1) is 29.1 Å². The van der Waals surface area contributed by atoms with Gasteiger partial charge < -0.3 is 14.7 Å². The van der Waals surface area contributed by atoms with E-state index in [4.69, 9.17) is 4.74 Å². The largest absolute Gasteiger partial charge is 0.481 e. The average Bonchev–Trinajstić information content (AvgIpc) is 2.91. The number of nitriles is 1. The monoisotopic (exact) mass is 289 g/mol. The molecule has 1 aromatic heterocycles. The molecule has 0 bridgehead atoms. The predicted octanol–water partition coefficient (Wildman–Crippen LogP) is 1.75. The Bertz CT molecular complexity index is 580. The number of pyridine rings is 1. The minimum atomic E-state index is -0.782. The van der Waals surface area contributed by atoms with Gasteiger partial charge in [0.15, 0.2) is 0 Å². The van der Waals surface area contributed by atoms with Crippen LogP contribution in [0.5, 0.6) is 5.88 Å². The Morgan fingerprint density at radius 3 is 2.76 bits per heavy atom. The van der Waals surface area contributed by atoms with Gasteiger partial charge in [-0.15, -0.1) is 0 Å². The average molecular weight is 289 g/mol. The normalized spacial score (nSPS) is 21.4. The third-order valence-corrected chi connectivity index (χ3v) is 4.08. The SMILES string of the molecule is COc1nccc(N2C[C@@H](C(=O)O)[C@H](C(C)C)C2)c1C#N. The zero-order valence-electron chi connectivity index (χ0n) is 12.4. The van der Waals surface area contributed by atoms with Gasteiger partial charge in [0, 0.05) is 19.3 Å². The molecule has 112 valence electrons. The summed E-state index contributed by atoms with van der Waals surface area (Å²) < 4.78 is 5.11. The smallest absolute Gasteiger partial charge is 0.308 e. The molecule has 1 N–H and O–H groups in total. The van der Waals surface area contributed by atoms with Crippen molar-refractivity contribution in [2.24, 2.45) is 17.8 Å². The molecule has 6 nitrogen and oxygen atoms in total. The molecule has 0 unspecified atom stereocenters. The standard InChI is InChI=1S/C15H19N3O3/c1-9(2)11-7-18(8-12(11)15(19)20)13-4-5-17-14(21-3)10(13)6-16/h4-5,9,11-12H,7-8H2,1-3H3,(H,19,20)/t11-,12+/m0/s1. The number of hydrogen-bond donors (Lipinski definition) is 1. The van der Waals surface area contributed by atoms with Crippen molar-refractivity contribution in [3.05, 3.63) is 17.8 Å². The number of aliphatic carboxylic acids is 1. The van der Waals surface area contributed by atoms with Gasteiger partial charge in [0.1, 0.15) is 11.6 Å². The zero-order valence-corrected chi connectivity index (χ0v) is 12.4. The number of nitrogens with zero attached hydrogens (tertiary/aromatic N) is 3. The fourth-order valence-electron chi connectivity index (χ4n) is 2.92. The molecule has 0 aromatic carbocycles. The molecule has 0 aliphatic carbocycles. The number of carbonyl (C=O) groups is 1. The van der Waals surface area contributed by atoms with E-state index in [2.05, 4.69) is 11.1 Å². The van der Waals surface area contributed by atoms with Crippen molar-refractivity contribution in [1.29, 1.82) is 5.26 Å². The second-order valence-electron chi connectivity index (χ2n) is 5.58. The summed E-state index contributed by atoms with van der Waals surface area (Å²) in [6.07, 6.45) is 1.58. The molecule has 1 aliphatic heterocycles. The van der Waals surface area contributed by atoms with Gasteiger partial charge in [-0.05, 0) is 17.9 Å². The van der Waals surface area contributed by atoms with E-state index in [-0.39, 0.29) is 17.7 Å². The Balaban J connectivity index is 2.36. The molecular formula is C15H19N3O3. The van der Waals surface area contributed by atoms with Crippen LogP contribution >= 0.6 is 0 Å². The van der Waals surface area contributed by atoms with Gasteiger partial charge in [0.05, 0.1) is 18.7 Å². The summed E-state index contributed by atoms with van der Waals surface area (Å²) >= 11 is 0. The first-order valence-corrected chi connectivity index (χ1v) is 6.90. The van der Waals surface area contributed by atoms with Crippen molar-refractivity contribution in [2.45, 2.75) is 13.8 Å². The Morgan fingerprint density at radius 2 is 2.29 bits per heavy atom. The lowest BCUT2D eigenvalue weighted by molar-refractivity contribution is -0.142. The second kappa shape index (κ2) is 6.00. The second-order valence-corrected chi connectivity index (χ2v) is 5.58. The number of aromatic nitrogens is 1. The molecule has 1 fully saturated rings. The topological polar surface area (TPSA) is 86.4 Å². The van der Waals surface area contributed by atoms with Crippen LogP contribution in [-0.4, -0.2) is 36.3 Å². The number of carboxylic acid groups (broad SMARTS) is 1. The van der Waals surface area contributed by atoms with Crippen LogP contribution in [0.1, 0.15) is 19.4 Å². The van der Waals surface area contributed by atoms with E-state index in [0.29, 0.717) is 24.3 Å². The Hall–Kier alpha value is -2.29. The molecule has 1 saturated heterocycles. The quantitative estimate of drug-likeness (QED) is 0.908. The highest BCUT2D eigenvalue weighted by atomic mass is 16.5. The van der Waals surface area contributed by atoms with Gasteiger partial charge in [-0.3, -0.25) is 4.79 Å². The van der Waals surface area contributed by atoms with Crippen LogP contribution in [0.15, 0.2) is 12.3 Å². The van der Waals surface area contributed by atoms with Crippen molar-refractivity contribution in [3.8, 4) is 11.9 Å². The van der Waals surface area contributed by atoms with E-state index in [0.717, 1.165) is 0 Å². The van der Waals surface area contributed by atoms with Gasteiger partial charge in [0.25, 0.3) is 0 Å². The van der Waals surface area contributed by atoms with Gasteiger partial charge in [0.2, 0.25) is 5.88 Å². The highest BCUT2D eigenvalue weighted by molar-refractivity contribution is 5.73. The summed E-state index contributed by atoms with van der Waals surface area (Å²) in [6, 6.07) is 3.84.